The Kier molecular flexibility index (Phi) is 4.74. The standard InChI is InChI=1S/C18H16N2O5/c1-24-15-7-8-16-13(11-15)4-9-17(16)19-25-18(21)10-12-2-5-14(6-3-12)20(22)23/h2-3,5-8,11H,4,9-10H2,1H3/b19-17+. The van der Waals surface area contributed by atoms with Crippen molar-refractivity contribution in [2.75, 3.05) is 7.11 Å². The number of fused-ring (bicyclic) bond motifs is 1. The van der Waals surface area contributed by atoms with Gasteiger partial charge in [0, 0.05) is 17.7 Å². The first kappa shape index (κ1) is 16.6. The van der Waals surface area contributed by atoms with Crippen molar-refractivity contribution in [3.63, 3.8) is 0 Å². The molecule has 0 heterocycles. The number of nitrogens with zero attached hydrogens (tertiary/aromatic N) is 2. The molecule has 25 heavy (non-hydrogen) atoms. The van der Waals surface area contributed by atoms with Crippen LogP contribution < -0.4 is 4.74 Å². The Bertz CT molecular complexity index is 843. The number of carbonyl (C=O) groups excluding carboxylic acids is 1. The zero-order valence-electron chi connectivity index (χ0n) is 13.6. The van der Waals surface area contributed by atoms with Crippen LogP contribution in [-0.4, -0.2) is 23.7 Å². The normalized spacial score (nSPS) is 14.2. The second-order valence-electron chi connectivity index (χ2n) is 5.62. The van der Waals surface area contributed by atoms with Gasteiger partial charge in [-0.3, -0.25) is 10.1 Å². The molecule has 0 atom stereocenters. The number of hydrogen-bond acceptors (Lipinski definition) is 6. The second-order valence-corrected chi connectivity index (χ2v) is 5.62. The molecule has 0 aliphatic heterocycles. The number of rotatable bonds is 5. The molecule has 7 heteroatoms. The number of ether oxygens (including phenoxy) is 1. The summed E-state index contributed by atoms with van der Waals surface area (Å²) in [6.07, 6.45) is 1.53. The molecule has 0 saturated heterocycles. The van der Waals surface area contributed by atoms with E-state index in [4.69, 9.17) is 9.57 Å². The van der Waals surface area contributed by atoms with Crippen molar-refractivity contribution in [1.29, 1.82) is 0 Å². The molecule has 0 aromatic heterocycles. The Hall–Kier alpha value is -3.22. The fraction of sp³-hybridized carbons (Fsp3) is 0.222. The molecule has 0 N–H and O–H groups in total. The van der Waals surface area contributed by atoms with Gasteiger partial charge in [0.05, 0.1) is 24.2 Å². The quantitative estimate of drug-likeness (QED) is 0.474. The van der Waals surface area contributed by atoms with Crippen molar-refractivity contribution >= 4 is 17.4 Å². The summed E-state index contributed by atoms with van der Waals surface area (Å²) in [5.74, 6) is 0.276. The van der Waals surface area contributed by atoms with Crippen molar-refractivity contribution in [3.05, 3.63) is 69.3 Å². The lowest BCUT2D eigenvalue weighted by atomic mass is 10.1. The zero-order valence-corrected chi connectivity index (χ0v) is 13.6. The number of oxime groups is 1. The molecular weight excluding hydrogens is 324 g/mol. The lowest BCUT2D eigenvalue weighted by Crippen LogP contribution is -2.06. The first-order valence-corrected chi connectivity index (χ1v) is 7.74. The SMILES string of the molecule is COc1ccc2c(c1)CC/C2=N\OC(=O)Cc1ccc([N+](=O)[O-])cc1. The molecule has 2 aromatic carbocycles. The topological polar surface area (TPSA) is 91.0 Å². The number of non-ortho nitro benzene ring substituents is 1. The Labute approximate surface area is 144 Å². The molecule has 128 valence electrons. The van der Waals surface area contributed by atoms with E-state index in [1.54, 1.807) is 7.11 Å². The van der Waals surface area contributed by atoms with E-state index in [1.807, 2.05) is 18.2 Å². The number of benzene rings is 2. The minimum atomic E-state index is -0.511. The molecule has 1 aliphatic carbocycles. The van der Waals surface area contributed by atoms with Gasteiger partial charge in [-0.25, -0.2) is 4.79 Å². The number of aryl methyl sites for hydroxylation is 1. The third-order valence-corrected chi connectivity index (χ3v) is 4.01. The highest BCUT2D eigenvalue weighted by Crippen LogP contribution is 2.26. The van der Waals surface area contributed by atoms with Gasteiger partial charge in [-0.05, 0) is 42.2 Å². The van der Waals surface area contributed by atoms with Gasteiger partial charge in [0.15, 0.2) is 0 Å². The van der Waals surface area contributed by atoms with E-state index in [-0.39, 0.29) is 12.1 Å². The largest absolute Gasteiger partial charge is 0.497 e. The van der Waals surface area contributed by atoms with Crippen molar-refractivity contribution in [3.8, 4) is 5.75 Å². The molecule has 0 amide bonds. The summed E-state index contributed by atoms with van der Waals surface area (Å²) < 4.78 is 5.20. The first-order valence-electron chi connectivity index (χ1n) is 7.74. The van der Waals surface area contributed by atoms with Gasteiger partial charge in [-0.1, -0.05) is 17.3 Å². The van der Waals surface area contributed by atoms with Crippen LogP contribution in [0.4, 0.5) is 5.69 Å². The lowest BCUT2D eigenvalue weighted by molar-refractivity contribution is -0.384. The van der Waals surface area contributed by atoms with Crippen LogP contribution in [-0.2, 0) is 22.5 Å². The molecule has 0 spiro atoms. The predicted octanol–water partition coefficient (Wildman–Crippen LogP) is 3.04. The van der Waals surface area contributed by atoms with E-state index in [9.17, 15) is 14.9 Å². The summed E-state index contributed by atoms with van der Waals surface area (Å²) in [6.45, 7) is 0. The molecule has 0 fully saturated rings. The molecular formula is C18H16N2O5. The van der Waals surface area contributed by atoms with Crippen LogP contribution in [0.3, 0.4) is 0 Å². The molecule has 0 radical (unpaired) electrons. The number of carbonyl (C=O) groups is 1. The third kappa shape index (κ3) is 3.82. The molecule has 0 unspecified atom stereocenters. The van der Waals surface area contributed by atoms with Crippen LogP contribution >= 0.6 is 0 Å². The highest BCUT2D eigenvalue weighted by atomic mass is 16.7. The van der Waals surface area contributed by atoms with Gasteiger partial charge in [0.1, 0.15) is 5.75 Å². The first-order chi connectivity index (χ1) is 12.1. The maximum atomic E-state index is 11.9. The van der Waals surface area contributed by atoms with E-state index < -0.39 is 10.9 Å². The number of nitro benzene ring substituents is 1. The van der Waals surface area contributed by atoms with E-state index in [1.165, 1.54) is 24.3 Å². The van der Waals surface area contributed by atoms with Crippen LogP contribution in [0.15, 0.2) is 47.6 Å². The van der Waals surface area contributed by atoms with Crippen LogP contribution in [0.5, 0.6) is 5.75 Å². The Morgan fingerprint density at radius 1 is 1.20 bits per heavy atom. The fourth-order valence-electron chi connectivity index (χ4n) is 2.71. The van der Waals surface area contributed by atoms with Crippen molar-refractivity contribution in [2.45, 2.75) is 19.3 Å². The fourth-order valence-corrected chi connectivity index (χ4v) is 2.71. The van der Waals surface area contributed by atoms with Crippen molar-refractivity contribution in [2.24, 2.45) is 5.16 Å². The van der Waals surface area contributed by atoms with Gasteiger partial charge in [-0.15, -0.1) is 0 Å². The minimum Gasteiger partial charge on any atom is -0.497 e. The lowest BCUT2D eigenvalue weighted by Gasteiger charge is -2.04. The van der Waals surface area contributed by atoms with Crippen LogP contribution in [0, 0.1) is 10.1 Å². The summed E-state index contributed by atoms with van der Waals surface area (Å²) in [6, 6.07) is 11.5. The highest BCUT2D eigenvalue weighted by molar-refractivity contribution is 6.04. The smallest absolute Gasteiger partial charge is 0.339 e. The molecule has 3 rings (SSSR count). The van der Waals surface area contributed by atoms with E-state index >= 15 is 0 Å². The Morgan fingerprint density at radius 3 is 2.64 bits per heavy atom. The monoisotopic (exact) mass is 340 g/mol. The average molecular weight is 340 g/mol. The molecule has 7 nitrogen and oxygen atoms in total. The number of methoxy groups -OCH3 is 1. The zero-order chi connectivity index (χ0) is 17.8. The summed E-state index contributed by atoms with van der Waals surface area (Å²) >= 11 is 0. The van der Waals surface area contributed by atoms with Crippen molar-refractivity contribution in [1.82, 2.24) is 0 Å². The van der Waals surface area contributed by atoms with Crippen molar-refractivity contribution < 1.29 is 19.3 Å². The molecule has 2 aromatic rings. The maximum Gasteiger partial charge on any atom is 0.339 e. The highest BCUT2D eigenvalue weighted by Gasteiger charge is 2.19. The Morgan fingerprint density at radius 2 is 1.96 bits per heavy atom. The van der Waals surface area contributed by atoms with Crippen LogP contribution in [0.1, 0.15) is 23.1 Å². The van der Waals surface area contributed by atoms with Gasteiger partial charge in [0.2, 0.25) is 0 Å². The van der Waals surface area contributed by atoms with E-state index in [2.05, 4.69) is 5.16 Å². The predicted molar refractivity (Wildman–Crippen MR) is 90.7 cm³/mol. The van der Waals surface area contributed by atoms with Gasteiger partial charge in [-0.2, -0.15) is 0 Å². The van der Waals surface area contributed by atoms with E-state index in [0.29, 0.717) is 12.0 Å². The summed E-state index contributed by atoms with van der Waals surface area (Å²) in [5, 5.41) is 14.6. The van der Waals surface area contributed by atoms with Gasteiger partial charge in [0.25, 0.3) is 5.69 Å². The van der Waals surface area contributed by atoms with Gasteiger partial charge < -0.3 is 9.57 Å². The third-order valence-electron chi connectivity index (χ3n) is 4.01. The van der Waals surface area contributed by atoms with Gasteiger partial charge >= 0.3 is 5.97 Å². The van der Waals surface area contributed by atoms with Crippen LogP contribution in [0.25, 0.3) is 0 Å². The average Bonchev–Trinajstić information content (AvgIpc) is 3.02. The Balaban J connectivity index is 1.63. The van der Waals surface area contributed by atoms with Crippen LogP contribution in [0.2, 0.25) is 0 Å². The number of hydrogen-bond donors (Lipinski definition) is 0. The molecule has 0 bridgehead atoms. The minimum absolute atomic E-state index is 0.00421. The maximum absolute atomic E-state index is 11.9. The summed E-state index contributed by atoms with van der Waals surface area (Å²) in [5.41, 5.74) is 3.42. The second kappa shape index (κ2) is 7.12. The molecule has 0 saturated carbocycles. The van der Waals surface area contributed by atoms with E-state index in [0.717, 1.165) is 29.0 Å². The molecule has 1 aliphatic rings. The summed E-state index contributed by atoms with van der Waals surface area (Å²) in [7, 11) is 1.62. The number of nitro groups is 1. The summed E-state index contributed by atoms with van der Waals surface area (Å²) in [4.78, 5) is 27.0.